The maximum atomic E-state index is 11.7. The smallest absolute Gasteiger partial charge is 0.182 e. The molecular weight excluding hydrogens is 228 g/mol. The van der Waals surface area contributed by atoms with Crippen LogP contribution in [0.4, 0.5) is 11.6 Å². The first-order chi connectivity index (χ1) is 7.32. The molecule has 0 aliphatic rings. The van der Waals surface area contributed by atoms with Gasteiger partial charge in [-0.3, -0.25) is 0 Å². The topological polar surface area (TPSA) is 81.2 Å². The van der Waals surface area contributed by atoms with Gasteiger partial charge in [-0.2, -0.15) is 5.10 Å². The van der Waals surface area contributed by atoms with Crippen molar-refractivity contribution in [3.63, 3.8) is 0 Å². The fourth-order valence-electron chi connectivity index (χ4n) is 1.44. The maximum absolute atomic E-state index is 11.7. The highest BCUT2D eigenvalue weighted by atomic mass is 32.2. The molecule has 0 atom stereocenters. The number of sulfone groups is 1. The Hall–Kier alpha value is -1.24. The molecule has 6 nitrogen and oxygen atoms in total. The predicted octanol–water partition coefficient (Wildman–Crippen LogP) is 0.345. The summed E-state index contributed by atoms with van der Waals surface area (Å²) in [6.45, 7) is 5.01. The van der Waals surface area contributed by atoms with Crippen molar-refractivity contribution in [3.8, 4) is 0 Å². The van der Waals surface area contributed by atoms with Crippen molar-refractivity contribution in [1.82, 2.24) is 9.78 Å². The van der Waals surface area contributed by atoms with Gasteiger partial charge in [0.05, 0.1) is 0 Å². The number of hydrogen-bond donors (Lipinski definition) is 1. The Kier molecular flexibility index (Phi) is 3.47. The van der Waals surface area contributed by atoms with E-state index >= 15 is 0 Å². The van der Waals surface area contributed by atoms with E-state index in [1.165, 1.54) is 4.68 Å². The van der Waals surface area contributed by atoms with E-state index in [4.69, 9.17) is 5.73 Å². The minimum Gasteiger partial charge on any atom is -0.383 e. The Bertz CT molecular complexity index is 478. The summed E-state index contributed by atoms with van der Waals surface area (Å²) in [6.07, 6.45) is 1.15. The summed E-state index contributed by atoms with van der Waals surface area (Å²) in [4.78, 5) is 1.89. The van der Waals surface area contributed by atoms with E-state index in [0.29, 0.717) is 18.9 Å². The third kappa shape index (κ3) is 2.13. The van der Waals surface area contributed by atoms with Crippen molar-refractivity contribution < 1.29 is 8.42 Å². The van der Waals surface area contributed by atoms with Crippen LogP contribution in [0.5, 0.6) is 0 Å². The molecule has 7 heteroatoms. The highest BCUT2D eigenvalue weighted by molar-refractivity contribution is 7.91. The molecule has 0 saturated carbocycles. The molecule has 0 fully saturated rings. The zero-order valence-electron chi connectivity index (χ0n) is 10.1. The number of hydrogen-bond acceptors (Lipinski definition) is 5. The molecule has 0 spiro atoms. The van der Waals surface area contributed by atoms with Crippen LogP contribution in [0.25, 0.3) is 0 Å². The quantitative estimate of drug-likeness (QED) is 0.828. The molecule has 1 aromatic rings. The molecule has 0 aliphatic heterocycles. The molecule has 0 aromatic carbocycles. The second-order valence-corrected chi connectivity index (χ2v) is 5.59. The third-order valence-electron chi connectivity index (χ3n) is 2.44. The third-order valence-corrected chi connectivity index (χ3v) is 3.57. The number of nitrogens with zero attached hydrogens (tertiary/aromatic N) is 3. The fourth-order valence-corrected chi connectivity index (χ4v) is 2.46. The van der Waals surface area contributed by atoms with E-state index in [9.17, 15) is 8.42 Å². The summed E-state index contributed by atoms with van der Waals surface area (Å²) >= 11 is 0. The van der Waals surface area contributed by atoms with Crippen molar-refractivity contribution in [2.75, 3.05) is 30.5 Å². The Morgan fingerprint density at radius 3 is 2.38 bits per heavy atom. The van der Waals surface area contributed by atoms with Crippen LogP contribution in [-0.4, -0.2) is 38.0 Å². The second kappa shape index (κ2) is 4.32. The van der Waals surface area contributed by atoms with Gasteiger partial charge in [0.2, 0.25) is 0 Å². The molecule has 0 unspecified atom stereocenters. The monoisotopic (exact) mass is 246 g/mol. The first kappa shape index (κ1) is 12.8. The molecule has 2 N–H and O–H groups in total. The van der Waals surface area contributed by atoms with Crippen LogP contribution in [0.15, 0.2) is 4.90 Å². The number of nitrogens with two attached hydrogens (primary N) is 1. The van der Waals surface area contributed by atoms with E-state index in [-0.39, 0.29) is 10.7 Å². The van der Waals surface area contributed by atoms with Gasteiger partial charge < -0.3 is 10.6 Å². The Morgan fingerprint density at radius 2 is 2.00 bits per heavy atom. The van der Waals surface area contributed by atoms with Crippen LogP contribution >= 0.6 is 0 Å². The number of nitrogen functional groups attached to an aromatic ring is 1. The Labute approximate surface area is 96.0 Å². The molecule has 0 saturated heterocycles. The molecule has 1 rings (SSSR count). The minimum absolute atomic E-state index is 0.124. The lowest BCUT2D eigenvalue weighted by Crippen LogP contribution is -2.19. The van der Waals surface area contributed by atoms with Crippen LogP contribution in [-0.2, 0) is 16.4 Å². The summed E-state index contributed by atoms with van der Waals surface area (Å²) in [5.74, 6) is 0.629. The minimum atomic E-state index is -3.36. The average molecular weight is 246 g/mol. The standard InChI is InChI=1S/C9H18N4O2S/c1-5-12(3)9-7(16(4,14)15)8(10)13(6-2)11-9/h5-6,10H2,1-4H3. The largest absolute Gasteiger partial charge is 0.383 e. The lowest BCUT2D eigenvalue weighted by Gasteiger charge is -2.14. The van der Waals surface area contributed by atoms with Crippen LogP contribution in [0.1, 0.15) is 13.8 Å². The van der Waals surface area contributed by atoms with E-state index in [0.717, 1.165) is 6.26 Å². The van der Waals surface area contributed by atoms with Crippen LogP contribution < -0.4 is 10.6 Å². The summed E-state index contributed by atoms with van der Waals surface area (Å²) in [5.41, 5.74) is 5.79. The Balaban J connectivity index is 3.49. The molecule has 0 amide bonds. The van der Waals surface area contributed by atoms with Gasteiger partial charge in [-0.25, -0.2) is 13.1 Å². The first-order valence-corrected chi connectivity index (χ1v) is 6.99. The zero-order valence-corrected chi connectivity index (χ0v) is 10.9. The van der Waals surface area contributed by atoms with E-state index in [2.05, 4.69) is 5.10 Å². The zero-order chi connectivity index (χ0) is 12.5. The normalized spacial score (nSPS) is 11.8. The number of rotatable bonds is 4. The summed E-state index contributed by atoms with van der Waals surface area (Å²) in [6, 6.07) is 0. The van der Waals surface area contributed by atoms with Gasteiger partial charge in [-0.15, -0.1) is 0 Å². The highest BCUT2D eigenvalue weighted by Crippen LogP contribution is 2.29. The SMILES string of the molecule is CCN(C)c1nn(CC)c(N)c1S(C)(=O)=O. The van der Waals surface area contributed by atoms with Crippen LogP contribution in [0.2, 0.25) is 0 Å². The van der Waals surface area contributed by atoms with Gasteiger partial charge in [0.1, 0.15) is 5.82 Å². The van der Waals surface area contributed by atoms with Crippen LogP contribution in [0.3, 0.4) is 0 Å². The van der Waals surface area contributed by atoms with Crippen molar-refractivity contribution >= 4 is 21.5 Å². The lowest BCUT2D eigenvalue weighted by atomic mass is 10.5. The fraction of sp³-hybridized carbons (Fsp3) is 0.667. The molecule has 16 heavy (non-hydrogen) atoms. The Morgan fingerprint density at radius 1 is 1.44 bits per heavy atom. The molecule has 0 aliphatic carbocycles. The maximum Gasteiger partial charge on any atom is 0.182 e. The number of aryl methyl sites for hydroxylation is 1. The van der Waals surface area contributed by atoms with E-state index in [1.54, 1.807) is 11.9 Å². The van der Waals surface area contributed by atoms with Gasteiger partial charge >= 0.3 is 0 Å². The predicted molar refractivity (Wildman–Crippen MR) is 64.4 cm³/mol. The van der Waals surface area contributed by atoms with Crippen molar-refractivity contribution in [1.29, 1.82) is 0 Å². The van der Waals surface area contributed by atoms with Gasteiger partial charge in [-0.05, 0) is 13.8 Å². The van der Waals surface area contributed by atoms with Crippen molar-refractivity contribution in [2.24, 2.45) is 0 Å². The highest BCUT2D eigenvalue weighted by Gasteiger charge is 2.25. The van der Waals surface area contributed by atoms with E-state index in [1.807, 2.05) is 13.8 Å². The van der Waals surface area contributed by atoms with Crippen LogP contribution in [0, 0.1) is 0 Å². The molecule has 1 heterocycles. The number of anilines is 2. The lowest BCUT2D eigenvalue weighted by molar-refractivity contribution is 0.602. The molecular formula is C9H18N4O2S. The van der Waals surface area contributed by atoms with Gasteiger partial charge in [0.15, 0.2) is 20.6 Å². The average Bonchev–Trinajstić information content (AvgIpc) is 2.53. The molecule has 0 bridgehead atoms. The first-order valence-electron chi connectivity index (χ1n) is 5.10. The summed E-state index contributed by atoms with van der Waals surface area (Å²) in [7, 11) is -1.57. The van der Waals surface area contributed by atoms with E-state index < -0.39 is 9.84 Å². The van der Waals surface area contributed by atoms with Crippen molar-refractivity contribution in [3.05, 3.63) is 0 Å². The van der Waals surface area contributed by atoms with Gasteiger partial charge in [0.25, 0.3) is 0 Å². The van der Waals surface area contributed by atoms with Gasteiger partial charge in [0, 0.05) is 26.4 Å². The molecule has 1 aromatic heterocycles. The second-order valence-electron chi connectivity index (χ2n) is 3.64. The molecule has 92 valence electrons. The summed E-state index contributed by atoms with van der Waals surface area (Å²) < 4.78 is 24.8. The number of aromatic nitrogens is 2. The van der Waals surface area contributed by atoms with Gasteiger partial charge in [-0.1, -0.05) is 0 Å². The van der Waals surface area contributed by atoms with Crippen molar-refractivity contribution in [2.45, 2.75) is 25.3 Å². The molecule has 0 radical (unpaired) electrons. The summed E-state index contributed by atoms with van der Waals surface area (Å²) in [5, 5.41) is 4.20.